The molecule has 6 atom stereocenters. The molecule has 1 saturated heterocycles. The molecule has 0 amide bonds. The monoisotopic (exact) mass is 646 g/mol. The van der Waals surface area contributed by atoms with Crippen molar-refractivity contribution in [1.82, 2.24) is 0 Å². The first-order chi connectivity index (χ1) is 21.8. The zero-order valence-corrected chi connectivity index (χ0v) is 28.4. The van der Waals surface area contributed by atoms with Crippen LogP contribution in [0.2, 0.25) is 0 Å². The van der Waals surface area contributed by atoms with Crippen LogP contribution in [0.5, 0.6) is 0 Å². The third kappa shape index (κ3) is 20.5. The quantitative estimate of drug-likeness (QED) is 0.0573. The normalized spacial score (nSPS) is 22.3. The van der Waals surface area contributed by atoms with Gasteiger partial charge in [-0.15, -0.1) is 0 Å². The van der Waals surface area contributed by atoms with Crippen molar-refractivity contribution in [3.63, 3.8) is 0 Å². The standard InChI is InChI=1S/C35H66O10/c1-3-5-7-9-11-13-14-15-16-18-20-22-24-31(38)44-28(26-42-30(37)23-21-19-17-12-10-8-6-4-2)27-43-35-34(41)33(40)32(39)29(25-36)45-35/h28-29,32-36,39-41H,3-27H2,1-2H3. The number of hydrogen-bond donors (Lipinski definition) is 4. The topological polar surface area (TPSA) is 152 Å². The number of aliphatic hydroxyl groups excluding tert-OH is 4. The highest BCUT2D eigenvalue weighted by molar-refractivity contribution is 5.70. The summed E-state index contributed by atoms with van der Waals surface area (Å²) in [6.45, 7) is 3.36. The van der Waals surface area contributed by atoms with Crippen LogP contribution in [-0.2, 0) is 28.5 Å². The summed E-state index contributed by atoms with van der Waals surface area (Å²) in [5, 5.41) is 39.8. The minimum Gasteiger partial charge on any atom is -0.462 e. The molecule has 0 aliphatic carbocycles. The number of aliphatic hydroxyl groups is 4. The van der Waals surface area contributed by atoms with Gasteiger partial charge in [-0.1, -0.05) is 129 Å². The first-order valence-corrected chi connectivity index (χ1v) is 18.1. The Bertz CT molecular complexity index is 719. The van der Waals surface area contributed by atoms with Crippen molar-refractivity contribution in [2.24, 2.45) is 0 Å². The largest absolute Gasteiger partial charge is 0.462 e. The first kappa shape index (κ1) is 41.7. The zero-order valence-electron chi connectivity index (χ0n) is 28.4. The Morgan fingerprint density at radius 3 is 1.51 bits per heavy atom. The second-order valence-corrected chi connectivity index (χ2v) is 12.7. The van der Waals surface area contributed by atoms with E-state index < -0.39 is 49.4 Å². The summed E-state index contributed by atoms with van der Waals surface area (Å²) >= 11 is 0. The highest BCUT2D eigenvalue weighted by Gasteiger charge is 2.44. The molecule has 6 unspecified atom stereocenters. The van der Waals surface area contributed by atoms with Crippen LogP contribution < -0.4 is 0 Å². The summed E-state index contributed by atoms with van der Waals surface area (Å²) in [6.07, 6.45) is 15.6. The summed E-state index contributed by atoms with van der Waals surface area (Å²) < 4.78 is 22.0. The number of carbonyl (C=O) groups is 2. The molecule has 0 spiro atoms. The number of carbonyl (C=O) groups excluding carboxylic acids is 2. The van der Waals surface area contributed by atoms with Gasteiger partial charge in [0, 0.05) is 12.8 Å². The van der Waals surface area contributed by atoms with E-state index in [-0.39, 0.29) is 32.0 Å². The van der Waals surface area contributed by atoms with E-state index in [9.17, 15) is 30.0 Å². The van der Waals surface area contributed by atoms with Crippen LogP contribution >= 0.6 is 0 Å². The van der Waals surface area contributed by atoms with Gasteiger partial charge in [-0.25, -0.2) is 0 Å². The van der Waals surface area contributed by atoms with E-state index in [1.54, 1.807) is 0 Å². The van der Waals surface area contributed by atoms with Crippen LogP contribution in [0.25, 0.3) is 0 Å². The predicted molar refractivity (Wildman–Crippen MR) is 173 cm³/mol. The van der Waals surface area contributed by atoms with Crippen molar-refractivity contribution >= 4 is 11.9 Å². The van der Waals surface area contributed by atoms with E-state index in [1.807, 2.05) is 0 Å². The first-order valence-electron chi connectivity index (χ1n) is 18.1. The van der Waals surface area contributed by atoms with E-state index in [0.717, 1.165) is 38.5 Å². The van der Waals surface area contributed by atoms with Crippen molar-refractivity contribution in [1.29, 1.82) is 0 Å². The van der Waals surface area contributed by atoms with Crippen LogP contribution in [0.15, 0.2) is 0 Å². The maximum atomic E-state index is 12.6. The molecule has 4 N–H and O–H groups in total. The fraction of sp³-hybridized carbons (Fsp3) is 0.943. The molecule has 1 aliphatic rings. The van der Waals surface area contributed by atoms with Gasteiger partial charge in [0.2, 0.25) is 0 Å². The molecule has 0 aromatic rings. The molecule has 1 aliphatic heterocycles. The summed E-state index contributed by atoms with van der Waals surface area (Å²) in [7, 11) is 0. The number of ether oxygens (including phenoxy) is 4. The van der Waals surface area contributed by atoms with Crippen LogP contribution in [0.4, 0.5) is 0 Å². The van der Waals surface area contributed by atoms with Crippen LogP contribution in [-0.4, -0.2) is 89.0 Å². The molecule has 0 aromatic carbocycles. The van der Waals surface area contributed by atoms with E-state index in [1.165, 1.54) is 83.5 Å². The third-order valence-corrected chi connectivity index (χ3v) is 8.49. The smallest absolute Gasteiger partial charge is 0.306 e. The molecule has 1 fully saturated rings. The Morgan fingerprint density at radius 2 is 1.04 bits per heavy atom. The molecule has 0 radical (unpaired) electrons. The maximum Gasteiger partial charge on any atom is 0.306 e. The van der Waals surface area contributed by atoms with Crippen LogP contribution in [0, 0.1) is 0 Å². The average molecular weight is 647 g/mol. The SMILES string of the molecule is CCCCCCCCCCCCCCC(=O)OC(COC(=O)CCCCCCCCCC)COC1OC(CO)C(O)C(O)C1O. The molecule has 10 nitrogen and oxygen atoms in total. The Morgan fingerprint density at radius 1 is 0.600 bits per heavy atom. The molecular weight excluding hydrogens is 580 g/mol. The van der Waals surface area contributed by atoms with Gasteiger partial charge in [0.25, 0.3) is 0 Å². The fourth-order valence-electron chi connectivity index (χ4n) is 5.54. The molecule has 0 aromatic heterocycles. The van der Waals surface area contributed by atoms with Gasteiger partial charge in [-0.05, 0) is 12.8 Å². The molecule has 0 saturated carbocycles. The summed E-state index contributed by atoms with van der Waals surface area (Å²) in [5.41, 5.74) is 0. The minimum absolute atomic E-state index is 0.211. The van der Waals surface area contributed by atoms with Crippen LogP contribution in [0.1, 0.15) is 155 Å². The molecule has 266 valence electrons. The Labute approximate surface area is 272 Å². The highest BCUT2D eigenvalue weighted by atomic mass is 16.7. The molecule has 1 rings (SSSR count). The third-order valence-electron chi connectivity index (χ3n) is 8.49. The van der Waals surface area contributed by atoms with Gasteiger partial charge in [0.1, 0.15) is 31.0 Å². The van der Waals surface area contributed by atoms with Crippen molar-refractivity contribution in [3.8, 4) is 0 Å². The number of unbranched alkanes of at least 4 members (excludes halogenated alkanes) is 18. The molecule has 1 heterocycles. The fourth-order valence-corrected chi connectivity index (χ4v) is 5.54. The molecule has 45 heavy (non-hydrogen) atoms. The van der Waals surface area contributed by atoms with Gasteiger partial charge in [-0.3, -0.25) is 9.59 Å². The lowest BCUT2D eigenvalue weighted by Crippen LogP contribution is -2.59. The number of hydrogen-bond acceptors (Lipinski definition) is 10. The van der Waals surface area contributed by atoms with Crippen molar-refractivity contribution < 1.29 is 49.0 Å². The lowest BCUT2D eigenvalue weighted by Gasteiger charge is -2.39. The second-order valence-electron chi connectivity index (χ2n) is 12.7. The van der Waals surface area contributed by atoms with Gasteiger partial charge in [0.15, 0.2) is 12.4 Å². The molecule has 10 heteroatoms. The Kier molecular flexibility index (Phi) is 25.8. The number of rotatable bonds is 29. The highest BCUT2D eigenvalue weighted by Crippen LogP contribution is 2.22. The van der Waals surface area contributed by atoms with E-state index >= 15 is 0 Å². The summed E-state index contributed by atoms with van der Waals surface area (Å²) in [5.74, 6) is -0.806. The predicted octanol–water partition coefficient (Wildman–Crippen LogP) is 5.88. The average Bonchev–Trinajstić information content (AvgIpc) is 3.03. The van der Waals surface area contributed by atoms with E-state index in [4.69, 9.17) is 18.9 Å². The van der Waals surface area contributed by atoms with Crippen molar-refractivity contribution in [2.45, 2.75) is 192 Å². The Balaban J connectivity index is 2.42. The van der Waals surface area contributed by atoms with Crippen molar-refractivity contribution in [2.75, 3.05) is 19.8 Å². The van der Waals surface area contributed by atoms with Crippen molar-refractivity contribution in [3.05, 3.63) is 0 Å². The summed E-state index contributed by atoms with van der Waals surface area (Å²) in [6, 6.07) is 0. The van der Waals surface area contributed by atoms with Gasteiger partial charge in [-0.2, -0.15) is 0 Å². The van der Waals surface area contributed by atoms with Crippen LogP contribution in [0.3, 0.4) is 0 Å². The van der Waals surface area contributed by atoms with E-state index in [0.29, 0.717) is 6.42 Å². The van der Waals surface area contributed by atoms with Gasteiger partial charge < -0.3 is 39.4 Å². The molecule has 0 bridgehead atoms. The van der Waals surface area contributed by atoms with E-state index in [2.05, 4.69) is 13.8 Å². The zero-order chi connectivity index (χ0) is 33.1. The van der Waals surface area contributed by atoms with Gasteiger partial charge >= 0.3 is 11.9 Å². The summed E-state index contributed by atoms with van der Waals surface area (Å²) in [4.78, 5) is 25.0. The lowest BCUT2D eigenvalue weighted by molar-refractivity contribution is -0.305. The lowest BCUT2D eigenvalue weighted by atomic mass is 9.99. The van der Waals surface area contributed by atoms with Gasteiger partial charge in [0.05, 0.1) is 13.2 Å². The minimum atomic E-state index is -1.59. The maximum absolute atomic E-state index is 12.6. The second kappa shape index (κ2) is 27.8. The molecular formula is C35H66O10. The Hall–Kier alpha value is -1.30. The number of esters is 2.